The Morgan fingerprint density at radius 3 is 2.29 bits per heavy atom. The predicted molar refractivity (Wildman–Crippen MR) is 103 cm³/mol. The Labute approximate surface area is 148 Å². The maximum Gasteiger partial charge on any atom is 0.0713 e. The van der Waals surface area contributed by atoms with Gasteiger partial charge in [0, 0.05) is 7.11 Å². The van der Waals surface area contributed by atoms with Gasteiger partial charge in [-0.25, -0.2) is 0 Å². The molecule has 1 unspecified atom stereocenters. The third-order valence-corrected chi connectivity index (χ3v) is 6.34. The van der Waals surface area contributed by atoms with Crippen LogP contribution in [-0.2, 0) is 11.3 Å². The van der Waals surface area contributed by atoms with Gasteiger partial charge in [-0.05, 0) is 66.6 Å². The molecule has 0 heterocycles. The Hall–Kier alpha value is -1.08. The van der Waals surface area contributed by atoms with Gasteiger partial charge < -0.3 is 4.74 Å². The smallest absolute Gasteiger partial charge is 0.0713 e. The second kappa shape index (κ2) is 8.85. The van der Waals surface area contributed by atoms with Crippen LogP contribution in [0.4, 0.5) is 0 Å². The average molecular weight is 327 g/mol. The number of rotatable bonds is 6. The minimum absolute atomic E-state index is 0.710. The van der Waals surface area contributed by atoms with Gasteiger partial charge in [-0.1, -0.05) is 62.9 Å². The molecule has 0 radical (unpaired) electrons. The number of methoxy groups -OCH3 is 1. The van der Waals surface area contributed by atoms with Crippen molar-refractivity contribution in [2.75, 3.05) is 7.11 Å². The average Bonchev–Trinajstić information content (AvgIpc) is 2.64. The molecule has 2 aliphatic rings. The number of ether oxygens (including phenoxy) is 1. The van der Waals surface area contributed by atoms with Crippen LogP contribution in [0.3, 0.4) is 0 Å². The van der Waals surface area contributed by atoms with Crippen LogP contribution in [0, 0.1) is 17.8 Å². The molecule has 24 heavy (non-hydrogen) atoms. The highest BCUT2D eigenvalue weighted by Gasteiger charge is 2.28. The number of hydrogen-bond acceptors (Lipinski definition) is 1. The molecular weight excluding hydrogens is 292 g/mol. The van der Waals surface area contributed by atoms with Crippen molar-refractivity contribution in [3.05, 3.63) is 41.5 Å². The van der Waals surface area contributed by atoms with E-state index >= 15 is 0 Å². The van der Waals surface area contributed by atoms with Gasteiger partial charge in [-0.2, -0.15) is 0 Å². The summed E-state index contributed by atoms with van der Waals surface area (Å²) < 4.78 is 5.20. The first-order valence-corrected chi connectivity index (χ1v) is 10.1. The molecular formula is C23H34O. The quantitative estimate of drug-likeness (QED) is 0.570. The molecule has 0 N–H and O–H groups in total. The zero-order chi connectivity index (χ0) is 16.8. The van der Waals surface area contributed by atoms with Crippen molar-refractivity contribution < 1.29 is 4.74 Å². The minimum Gasteiger partial charge on any atom is -0.380 e. The van der Waals surface area contributed by atoms with E-state index in [1.54, 1.807) is 12.7 Å². The lowest BCUT2D eigenvalue weighted by molar-refractivity contribution is 0.185. The molecule has 3 rings (SSSR count). The first-order chi connectivity index (χ1) is 11.8. The van der Waals surface area contributed by atoms with Crippen LogP contribution in [0.1, 0.15) is 75.8 Å². The van der Waals surface area contributed by atoms with Crippen LogP contribution in [0.5, 0.6) is 0 Å². The maximum atomic E-state index is 5.20. The van der Waals surface area contributed by atoms with Crippen LogP contribution in [-0.4, -0.2) is 7.11 Å². The SMILES string of the molecule is CCC[C@H]1CC[C@H](C2CC=C(c3ccc(COC)cc3)CC2)CC1. The molecule has 0 aliphatic heterocycles. The normalized spacial score (nSPS) is 27.8. The molecule has 0 saturated heterocycles. The molecule has 0 amide bonds. The molecule has 132 valence electrons. The van der Waals surface area contributed by atoms with Gasteiger partial charge in [0.2, 0.25) is 0 Å². The summed E-state index contributed by atoms with van der Waals surface area (Å²) in [7, 11) is 1.76. The molecule has 1 atom stereocenters. The molecule has 0 spiro atoms. The molecule has 0 aromatic heterocycles. The van der Waals surface area contributed by atoms with E-state index in [0.717, 1.165) is 17.8 Å². The fraction of sp³-hybridized carbons (Fsp3) is 0.652. The van der Waals surface area contributed by atoms with Crippen molar-refractivity contribution in [1.82, 2.24) is 0 Å². The van der Waals surface area contributed by atoms with Crippen LogP contribution >= 0.6 is 0 Å². The van der Waals surface area contributed by atoms with Gasteiger partial charge >= 0.3 is 0 Å². The number of benzene rings is 1. The fourth-order valence-corrected chi connectivity index (χ4v) is 4.88. The Kier molecular flexibility index (Phi) is 6.54. The van der Waals surface area contributed by atoms with Gasteiger partial charge in [0.15, 0.2) is 0 Å². The van der Waals surface area contributed by atoms with Gasteiger partial charge in [-0.3, -0.25) is 0 Å². The second-order valence-corrected chi connectivity index (χ2v) is 7.96. The van der Waals surface area contributed by atoms with E-state index < -0.39 is 0 Å². The van der Waals surface area contributed by atoms with Gasteiger partial charge in [0.25, 0.3) is 0 Å². The third-order valence-electron chi connectivity index (χ3n) is 6.34. The fourth-order valence-electron chi connectivity index (χ4n) is 4.88. The van der Waals surface area contributed by atoms with E-state index in [9.17, 15) is 0 Å². The van der Waals surface area contributed by atoms with Crippen molar-refractivity contribution in [3.8, 4) is 0 Å². The number of allylic oxidation sites excluding steroid dienone is 2. The van der Waals surface area contributed by atoms with E-state index in [2.05, 4.69) is 37.3 Å². The molecule has 2 aliphatic carbocycles. The molecule has 1 aromatic carbocycles. The lowest BCUT2D eigenvalue weighted by atomic mass is 9.70. The standard InChI is InChI=1S/C23H34O/c1-3-4-18-5-9-20(10-6-18)22-13-15-23(16-14-22)21-11-7-19(8-12-21)17-24-2/h7-8,11-12,15,18,20,22H,3-6,9-10,13-14,16-17H2,1-2H3/t18-,20-,22?. The van der Waals surface area contributed by atoms with E-state index in [1.165, 1.54) is 68.9 Å². The lowest BCUT2D eigenvalue weighted by Gasteiger charge is -2.35. The first-order valence-electron chi connectivity index (χ1n) is 10.1. The zero-order valence-electron chi connectivity index (χ0n) is 15.6. The summed E-state index contributed by atoms with van der Waals surface area (Å²) in [5.41, 5.74) is 4.24. The summed E-state index contributed by atoms with van der Waals surface area (Å²) in [5.74, 6) is 2.98. The van der Waals surface area contributed by atoms with Crippen molar-refractivity contribution in [2.24, 2.45) is 17.8 Å². The van der Waals surface area contributed by atoms with Gasteiger partial charge in [0.05, 0.1) is 6.61 Å². The maximum absolute atomic E-state index is 5.20. The van der Waals surface area contributed by atoms with Crippen molar-refractivity contribution >= 4 is 5.57 Å². The third kappa shape index (κ3) is 4.51. The molecule has 0 bridgehead atoms. The summed E-state index contributed by atoms with van der Waals surface area (Å²) >= 11 is 0. The monoisotopic (exact) mass is 326 g/mol. The summed E-state index contributed by atoms with van der Waals surface area (Å²) in [6, 6.07) is 8.97. The second-order valence-electron chi connectivity index (χ2n) is 7.96. The minimum atomic E-state index is 0.710. The highest BCUT2D eigenvalue weighted by atomic mass is 16.5. The van der Waals surface area contributed by atoms with Crippen molar-refractivity contribution in [3.63, 3.8) is 0 Å². The summed E-state index contributed by atoms with van der Waals surface area (Å²) in [6.45, 7) is 3.05. The van der Waals surface area contributed by atoms with Crippen molar-refractivity contribution in [2.45, 2.75) is 71.3 Å². The first kappa shape index (κ1) is 17.7. The number of hydrogen-bond donors (Lipinski definition) is 0. The van der Waals surface area contributed by atoms with Gasteiger partial charge in [0.1, 0.15) is 0 Å². The molecule has 1 saturated carbocycles. The predicted octanol–water partition coefficient (Wildman–Crippen LogP) is 6.62. The van der Waals surface area contributed by atoms with Crippen LogP contribution in [0.15, 0.2) is 30.3 Å². The Balaban J connectivity index is 1.52. The summed E-state index contributed by atoms with van der Waals surface area (Å²) in [4.78, 5) is 0. The van der Waals surface area contributed by atoms with E-state index in [0.29, 0.717) is 6.61 Å². The Morgan fingerprint density at radius 2 is 1.71 bits per heavy atom. The lowest BCUT2D eigenvalue weighted by Crippen LogP contribution is -2.23. The van der Waals surface area contributed by atoms with Gasteiger partial charge in [-0.15, -0.1) is 0 Å². The zero-order valence-corrected chi connectivity index (χ0v) is 15.6. The van der Waals surface area contributed by atoms with Crippen LogP contribution in [0.2, 0.25) is 0 Å². The Morgan fingerprint density at radius 1 is 0.958 bits per heavy atom. The molecule has 1 heteroatoms. The van der Waals surface area contributed by atoms with Crippen LogP contribution < -0.4 is 0 Å². The molecule has 1 fully saturated rings. The highest BCUT2D eigenvalue weighted by Crippen LogP contribution is 2.42. The largest absolute Gasteiger partial charge is 0.380 e. The van der Waals surface area contributed by atoms with Crippen molar-refractivity contribution in [1.29, 1.82) is 0 Å². The highest BCUT2D eigenvalue weighted by molar-refractivity contribution is 5.66. The molecule has 1 nitrogen and oxygen atoms in total. The topological polar surface area (TPSA) is 9.23 Å². The Bertz CT molecular complexity index is 519. The summed E-state index contributed by atoms with van der Waals surface area (Å²) in [6.07, 6.45) is 15.3. The van der Waals surface area contributed by atoms with E-state index in [1.807, 2.05) is 0 Å². The van der Waals surface area contributed by atoms with Crippen LogP contribution in [0.25, 0.3) is 5.57 Å². The van der Waals surface area contributed by atoms with E-state index in [4.69, 9.17) is 4.74 Å². The summed E-state index contributed by atoms with van der Waals surface area (Å²) in [5, 5.41) is 0. The molecule has 1 aromatic rings. The van der Waals surface area contributed by atoms with E-state index in [-0.39, 0.29) is 0 Å².